The highest BCUT2D eigenvalue weighted by atomic mass is 32.1. The van der Waals surface area contributed by atoms with Gasteiger partial charge >= 0.3 is 0 Å². The lowest BCUT2D eigenvalue weighted by Gasteiger charge is -2.28. The summed E-state index contributed by atoms with van der Waals surface area (Å²) in [6.45, 7) is 7.77. The second kappa shape index (κ2) is 8.93. The van der Waals surface area contributed by atoms with Gasteiger partial charge in [0.1, 0.15) is 11.6 Å². The van der Waals surface area contributed by atoms with Gasteiger partial charge in [-0.15, -0.1) is 0 Å². The Bertz CT molecular complexity index is 1050. The lowest BCUT2D eigenvalue weighted by Crippen LogP contribution is -2.43. The standard InChI is InChI=1S/C17H17N9S.C2H6/c1-2-21-26(5-1)17-22-12-8-14(20-9-13(12)27-17)23-15-10-19-11-16(24-15)25-6-3-18-4-7-25;1-2/h1-2,5,8-11,18H,3-4,6-7H2,(H,20,23,24);1-2H3. The number of piperazine rings is 1. The number of hydrogen-bond donors (Lipinski definition) is 2. The molecule has 150 valence electrons. The number of nitrogens with one attached hydrogen (secondary N) is 2. The van der Waals surface area contributed by atoms with E-state index < -0.39 is 0 Å². The summed E-state index contributed by atoms with van der Waals surface area (Å²) in [4.78, 5) is 20.3. The van der Waals surface area contributed by atoms with Crippen LogP contribution in [0.3, 0.4) is 0 Å². The Labute approximate surface area is 172 Å². The molecule has 0 bridgehead atoms. The van der Waals surface area contributed by atoms with Gasteiger partial charge in [-0.2, -0.15) is 5.10 Å². The zero-order chi connectivity index (χ0) is 20.1. The van der Waals surface area contributed by atoms with E-state index in [9.17, 15) is 0 Å². The van der Waals surface area contributed by atoms with Crippen LogP contribution >= 0.6 is 11.3 Å². The smallest absolute Gasteiger partial charge is 0.211 e. The molecule has 1 saturated heterocycles. The summed E-state index contributed by atoms with van der Waals surface area (Å²) in [7, 11) is 0. The van der Waals surface area contributed by atoms with Gasteiger partial charge < -0.3 is 15.5 Å². The minimum atomic E-state index is 0.667. The van der Waals surface area contributed by atoms with Crippen LogP contribution in [0.5, 0.6) is 0 Å². The summed E-state index contributed by atoms with van der Waals surface area (Å²) in [6.07, 6.45) is 8.93. The van der Waals surface area contributed by atoms with E-state index in [1.54, 1.807) is 34.6 Å². The van der Waals surface area contributed by atoms with E-state index in [0.717, 1.165) is 47.3 Å². The van der Waals surface area contributed by atoms with Crippen molar-refractivity contribution in [3.05, 3.63) is 43.1 Å². The number of nitrogens with zero attached hydrogens (tertiary/aromatic N) is 7. The van der Waals surface area contributed by atoms with Crippen molar-refractivity contribution in [1.29, 1.82) is 0 Å². The Morgan fingerprint density at radius 3 is 2.72 bits per heavy atom. The molecule has 5 rings (SSSR count). The highest BCUT2D eigenvalue weighted by Gasteiger charge is 2.13. The molecule has 0 saturated carbocycles. The van der Waals surface area contributed by atoms with E-state index in [1.807, 2.05) is 38.4 Å². The molecule has 0 amide bonds. The first kappa shape index (κ1) is 19.2. The summed E-state index contributed by atoms with van der Waals surface area (Å²) >= 11 is 1.55. The average molecular weight is 410 g/mol. The van der Waals surface area contributed by atoms with E-state index in [4.69, 9.17) is 0 Å². The number of aromatic nitrogens is 6. The van der Waals surface area contributed by atoms with Crippen LogP contribution in [0.15, 0.2) is 43.1 Å². The van der Waals surface area contributed by atoms with Gasteiger partial charge in [-0.25, -0.2) is 19.6 Å². The summed E-state index contributed by atoms with van der Waals surface area (Å²) in [5.41, 5.74) is 0.870. The van der Waals surface area contributed by atoms with E-state index >= 15 is 0 Å². The van der Waals surface area contributed by atoms with Crippen LogP contribution in [0.25, 0.3) is 15.3 Å². The average Bonchev–Trinajstić information content (AvgIpc) is 3.45. The molecule has 0 atom stereocenters. The third-order valence-corrected chi connectivity index (χ3v) is 5.28. The zero-order valence-electron chi connectivity index (χ0n) is 16.4. The van der Waals surface area contributed by atoms with Gasteiger partial charge in [0, 0.05) is 50.8 Å². The van der Waals surface area contributed by atoms with Crippen LogP contribution in [0, 0.1) is 0 Å². The Morgan fingerprint density at radius 1 is 1.07 bits per heavy atom. The fourth-order valence-electron chi connectivity index (χ4n) is 2.96. The fraction of sp³-hybridized carbons (Fsp3) is 0.316. The molecule has 0 spiro atoms. The van der Waals surface area contributed by atoms with Gasteiger partial charge in [-0.05, 0) is 6.07 Å². The summed E-state index contributed by atoms with van der Waals surface area (Å²) in [6, 6.07) is 3.79. The second-order valence-corrected chi connectivity index (χ2v) is 7.12. The first-order valence-electron chi connectivity index (χ1n) is 9.66. The van der Waals surface area contributed by atoms with Gasteiger partial charge in [0.25, 0.3) is 0 Å². The molecule has 0 aliphatic carbocycles. The van der Waals surface area contributed by atoms with Crippen LogP contribution in [-0.4, -0.2) is 55.9 Å². The van der Waals surface area contributed by atoms with Crippen LogP contribution in [0.4, 0.5) is 17.5 Å². The number of pyridine rings is 1. The minimum Gasteiger partial charge on any atom is -0.353 e. The molecule has 29 heavy (non-hydrogen) atoms. The topological polar surface area (TPSA) is 96.7 Å². The van der Waals surface area contributed by atoms with Crippen LogP contribution < -0.4 is 15.5 Å². The van der Waals surface area contributed by atoms with Crippen molar-refractivity contribution >= 4 is 39.0 Å². The third-order valence-electron chi connectivity index (χ3n) is 4.28. The van der Waals surface area contributed by atoms with Gasteiger partial charge in [0.05, 0.1) is 22.6 Å². The summed E-state index contributed by atoms with van der Waals surface area (Å²) < 4.78 is 2.76. The largest absolute Gasteiger partial charge is 0.353 e. The van der Waals surface area contributed by atoms with Gasteiger partial charge in [0.2, 0.25) is 5.13 Å². The lowest BCUT2D eigenvalue weighted by atomic mass is 10.3. The molecule has 0 aromatic carbocycles. The minimum absolute atomic E-state index is 0.667. The number of fused-ring (bicyclic) bond motifs is 1. The van der Waals surface area contributed by atoms with Crippen LogP contribution in [0.1, 0.15) is 13.8 Å². The van der Waals surface area contributed by atoms with Crippen LogP contribution in [0.2, 0.25) is 0 Å². The molecule has 1 fully saturated rings. The maximum absolute atomic E-state index is 4.67. The summed E-state index contributed by atoms with van der Waals surface area (Å²) in [5.74, 6) is 2.23. The first-order valence-corrected chi connectivity index (χ1v) is 10.5. The first-order chi connectivity index (χ1) is 14.3. The number of anilines is 3. The van der Waals surface area contributed by atoms with Gasteiger partial charge in [-0.3, -0.25) is 4.98 Å². The molecule has 1 aliphatic rings. The highest BCUT2D eigenvalue weighted by molar-refractivity contribution is 7.20. The Hall–Kier alpha value is -3.11. The highest BCUT2D eigenvalue weighted by Crippen LogP contribution is 2.26. The summed E-state index contributed by atoms with van der Waals surface area (Å²) in [5, 5.41) is 11.6. The second-order valence-electron chi connectivity index (χ2n) is 6.11. The molecule has 0 unspecified atom stereocenters. The van der Waals surface area contributed by atoms with Crippen molar-refractivity contribution in [1.82, 2.24) is 35.0 Å². The molecule has 2 N–H and O–H groups in total. The molecule has 4 aromatic rings. The number of rotatable bonds is 4. The van der Waals surface area contributed by atoms with Crippen molar-refractivity contribution in [2.24, 2.45) is 0 Å². The van der Waals surface area contributed by atoms with E-state index in [0.29, 0.717) is 11.6 Å². The Kier molecular flexibility index (Phi) is 5.92. The molecule has 4 aromatic heterocycles. The predicted molar refractivity (Wildman–Crippen MR) is 116 cm³/mol. The predicted octanol–water partition coefficient (Wildman–Crippen LogP) is 2.85. The monoisotopic (exact) mass is 409 g/mol. The molecule has 10 heteroatoms. The molecule has 0 radical (unpaired) electrons. The van der Waals surface area contributed by atoms with E-state index in [-0.39, 0.29) is 0 Å². The van der Waals surface area contributed by atoms with Crippen molar-refractivity contribution in [3.63, 3.8) is 0 Å². The van der Waals surface area contributed by atoms with Gasteiger partial charge in [0.15, 0.2) is 5.82 Å². The maximum atomic E-state index is 4.67. The molecule has 9 nitrogen and oxygen atoms in total. The lowest BCUT2D eigenvalue weighted by molar-refractivity contribution is 0.584. The molecular formula is C19H23N9S. The number of hydrogen-bond acceptors (Lipinski definition) is 9. The van der Waals surface area contributed by atoms with Gasteiger partial charge in [-0.1, -0.05) is 25.2 Å². The quantitative estimate of drug-likeness (QED) is 0.531. The molecule has 1 aliphatic heterocycles. The molecule has 5 heterocycles. The maximum Gasteiger partial charge on any atom is 0.211 e. The van der Waals surface area contributed by atoms with Crippen molar-refractivity contribution in [2.75, 3.05) is 36.4 Å². The van der Waals surface area contributed by atoms with E-state index in [2.05, 4.69) is 40.6 Å². The van der Waals surface area contributed by atoms with Crippen molar-refractivity contribution < 1.29 is 0 Å². The normalized spacial score (nSPS) is 13.8. The SMILES string of the molecule is CC.c1cnn(-c2nc3cc(Nc4cncc(N5CCNCC5)n4)ncc3s2)c1. The fourth-order valence-corrected chi connectivity index (χ4v) is 3.82. The third kappa shape index (κ3) is 4.33. The van der Waals surface area contributed by atoms with Crippen LogP contribution in [-0.2, 0) is 0 Å². The van der Waals surface area contributed by atoms with E-state index in [1.165, 1.54) is 0 Å². The zero-order valence-corrected chi connectivity index (χ0v) is 17.2. The van der Waals surface area contributed by atoms with Crippen molar-refractivity contribution in [3.8, 4) is 5.13 Å². The Morgan fingerprint density at radius 2 is 1.93 bits per heavy atom. The van der Waals surface area contributed by atoms with Crippen molar-refractivity contribution in [2.45, 2.75) is 13.8 Å². The molecular weight excluding hydrogens is 386 g/mol. The Balaban J connectivity index is 0.000000994. The number of thiazole rings is 1.